The smallest absolute Gasteiger partial charge is 0.194 e. The van der Waals surface area contributed by atoms with Crippen LogP contribution in [0.3, 0.4) is 0 Å². The molecule has 1 fully saturated rings. The Hall–Kier alpha value is -0.670. The van der Waals surface area contributed by atoms with Crippen LogP contribution in [0.1, 0.15) is 19.8 Å². The molecule has 27 heavy (non-hydrogen) atoms. The van der Waals surface area contributed by atoms with E-state index in [-0.39, 0.29) is 24.0 Å². The summed E-state index contributed by atoms with van der Waals surface area (Å²) in [6.07, 6.45) is 4.59. The second-order valence-corrected chi connectivity index (χ2v) is 7.41. The van der Waals surface area contributed by atoms with Gasteiger partial charge in [-0.2, -0.15) is 11.8 Å². The molecular weight excluding hydrogens is 471 g/mol. The molecule has 1 aromatic rings. The molecule has 0 aliphatic carbocycles. The van der Waals surface area contributed by atoms with E-state index in [0.29, 0.717) is 0 Å². The number of aliphatic imine (C=N–C) groups is 1. The van der Waals surface area contributed by atoms with Gasteiger partial charge in [-0.3, -0.25) is 9.89 Å². The van der Waals surface area contributed by atoms with Crippen LogP contribution in [-0.4, -0.2) is 80.2 Å². The molecule has 1 N–H and O–H groups in total. The summed E-state index contributed by atoms with van der Waals surface area (Å²) in [6.45, 7) is 9.90. The van der Waals surface area contributed by atoms with Crippen molar-refractivity contribution in [2.75, 3.05) is 64.4 Å². The number of ether oxygens (including phenoxy) is 1. The molecule has 2 rings (SSSR count). The molecule has 1 aliphatic rings. The number of nitrogens with one attached hydrogen (secondary N) is 1. The first-order valence-corrected chi connectivity index (χ1v) is 11.1. The summed E-state index contributed by atoms with van der Waals surface area (Å²) in [5.74, 6) is 3.27. The van der Waals surface area contributed by atoms with E-state index in [2.05, 4.69) is 28.3 Å². The first kappa shape index (κ1) is 24.4. The van der Waals surface area contributed by atoms with Crippen LogP contribution in [0.5, 0.6) is 5.75 Å². The average Bonchev–Trinajstić information content (AvgIpc) is 2.68. The SMILES string of the molecule is CCNC(=NCCCCSC)N1CCN(CCOc2ccccc2)CC1.I. The van der Waals surface area contributed by atoms with Crippen molar-refractivity contribution in [3.63, 3.8) is 0 Å². The molecule has 1 aromatic carbocycles. The molecule has 0 radical (unpaired) electrons. The number of halogens is 1. The number of rotatable bonds is 10. The fourth-order valence-electron chi connectivity index (χ4n) is 2.96. The van der Waals surface area contributed by atoms with Crippen LogP contribution < -0.4 is 10.1 Å². The van der Waals surface area contributed by atoms with Crippen molar-refractivity contribution in [3.05, 3.63) is 30.3 Å². The van der Waals surface area contributed by atoms with Crippen molar-refractivity contribution in [2.24, 2.45) is 4.99 Å². The van der Waals surface area contributed by atoms with E-state index in [0.717, 1.165) is 64.1 Å². The minimum Gasteiger partial charge on any atom is -0.492 e. The Labute approximate surface area is 186 Å². The number of benzene rings is 1. The van der Waals surface area contributed by atoms with E-state index >= 15 is 0 Å². The zero-order chi connectivity index (χ0) is 18.5. The van der Waals surface area contributed by atoms with Gasteiger partial charge in [-0.1, -0.05) is 18.2 Å². The predicted molar refractivity (Wildman–Crippen MR) is 129 cm³/mol. The molecule has 0 unspecified atom stereocenters. The van der Waals surface area contributed by atoms with E-state index in [4.69, 9.17) is 9.73 Å². The summed E-state index contributed by atoms with van der Waals surface area (Å²) in [5.41, 5.74) is 0. The molecule has 1 heterocycles. The Morgan fingerprint density at radius 3 is 2.56 bits per heavy atom. The highest BCUT2D eigenvalue weighted by atomic mass is 127. The highest BCUT2D eigenvalue weighted by Crippen LogP contribution is 2.09. The highest BCUT2D eigenvalue weighted by Gasteiger charge is 2.19. The van der Waals surface area contributed by atoms with Gasteiger partial charge in [-0.05, 0) is 43.9 Å². The summed E-state index contributed by atoms with van der Waals surface area (Å²) in [7, 11) is 0. The lowest BCUT2D eigenvalue weighted by Crippen LogP contribution is -2.53. The van der Waals surface area contributed by atoms with Gasteiger partial charge in [-0.25, -0.2) is 0 Å². The summed E-state index contributed by atoms with van der Waals surface area (Å²) in [6, 6.07) is 10.1. The van der Waals surface area contributed by atoms with Gasteiger partial charge in [0.05, 0.1) is 0 Å². The molecule has 5 nitrogen and oxygen atoms in total. The standard InChI is InChI=1S/C20H34N4OS.HI/c1-3-21-20(22-11-7-8-18-26-2)24-14-12-23(13-15-24)16-17-25-19-9-5-4-6-10-19;/h4-6,9-10H,3,7-8,11-18H2,1-2H3,(H,21,22);1H. The molecule has 1 saturated heterocycles. The lowest BCUT2D eigenvalue weighted by atomic mass is 10.3. The van der Waals surface area contributed by atoms with Gasteiger partial charge in [0, 0.05) is 45.8 Å². The molecule has 0 bridgehead atoms. The van der Waals surface area contributed by atoms with Gasteiger partial charge in [0.1, 0.15) is 12.4 Å². The molecular formula is C20H35IN4OS. The summed E-state index contributed by atoms with van der Waals surface area (Å²) in [5, 5.41) is 3.45. The maximum Gasteiger partial charge on any atom is 0.194 e. The first-order valence-electron chi connectivity index (χ1n) is 9.76. The van der Waals surface area contributed by atoms with Gasteiger partial charge in [0.2, 0.25) is 0 Å². The first-order chi connectivity index (χ1) is 12.8. The van der Waals surface area contributed by atoms with E-state index in [9.17, 15) is 0 Å². The molecule has 0 amide bonds. The Kier molecular flexibility index (Phi) is 13.8. The van der Waals surface area contributed by atoms with Crippen molar-refractivity contribution in [2.45, 2.75) is 19.8 Å². The number of para-hydroxylation sites is 1. The van der Waals surface area contributed by atoms with Crippen LogP contribution in [0, 0.1) is 0 Å². The Balaban J connectivity index is 0.00000364. The van der Waals surface area contributed by atoms with Crippen LogP contribution >= 0.6 is 35.7 Å². The molecule has 0 spiro atoms. The summed E-state index contributed by atoms with van der Waals surface area (Å²) < 4.78 is 5.81. The third kappa shape index (κ3) is 9.89. The zero-order valence-electron chi connectivity index (χ0n) is 16.7. The quantitative estimate of drug-likeness (QED) is 0.228. The normalized spacial score (nSPS) is 15.3. The van der Waals surface area contributed by atoms with Crippen LogP contribution in [0.25, 0.3) is 0 Å². The van der Waals surface area contributed by atoms with Gasteiger partial charge in [0.15, 0.2) is 5.96 Å². The number of guanidine groups is 1. The summed E-state index contributed by atoms with van der Waals surface area (Å²) >= 11 is 1.91. The molecule has 1 aliphatic heterocycles. The Morgan fingerprint density at radius 2 is 1.89 bits per heavy atom. The maximum atomic E-state index is 5.81. The van der Waals surface area contributed by atoms with E-state index in [1.807, 2.05) is 42.1 Å². The molecule has 0 saturated carbocycles. The van der Waals surface area contributed by atoms with Gasteiger partial charge < -0.3 is 15.0 Å². The maximum absolute atomic E-state index is 5.81. The van der Waals surface area contributed by atoms with Gasteiger partial charge in [-0.15, -0.1) is 24.0 Å². The molecule has 0 aromatic heterocycles. The molecule has 7 heteroatoms. The molecule has 154 valence electrons. The van der Waals surface area contributed by atoms with Crippen LogP contribution in [-0.2, 0) is 0 Å². The Morgan fingerprint density at radius 1 is 1.15 bits per heavy atom. The van der Waals surface area contributed by atoms with Crippen LogP contribution in [0.15, 0.2) is 35.3 Å². The van der Waals surface area contributed by atoms with Crippen molar-refractivity contribution in [1.29, 1.82) is 0 Å². The lowest BCUT2D eigenvalue weighted by molar-refractivity contribution is 0.152. The third-order valence-electron chi connectivity index (χ3n) is 4.44. The van der Waals surface area contributed by atoms with Crippen molar-refractivity contribution >= 4 is 41.7 Å². The average molecular weight is 506 g/mol. The van der Waals surface area contributed by atoms with E-state index in [1.165, 1.54) is 18.6 Å². The van der Waals surface area contributed by atoms with Crippen molar-refractivity contribution in [1.82, 2.24) is 15.1 Å². The van der Waals surface area contributed by atoms with Crippen LogP contribution in [0.2, 0.25) is 0 Å². The minimum atomic E-state index is 0. The fourth-order valence-corrected chi connectivity index (χ4v) is 3.45. The fraction of sp³-hybridized carbons (Fsp3) is 0.650. The summed E-state index contributed by atoms with van der Waals surface area (Å²) in [4.78, 5) is 9.68. The third-order valence-corrected chi connectivity index (χ3v) is 5.14. The second kappa shape index (κ2) is 15.3. The number of unbranched alkanes of at least 4 members (excludes halogenated alkanes) is 1. The van der Waals surface area contributed by atoms with E-state index < -0.39 is 0 Å². The van der Waals surface area contributed by atoms with Crippen molar-refractivity contribution < 1.29 is 4.74 Å². The minimum absolute atomic E-state index is 0. The van der Waals surface area contributed by atoms with Gasteiger partial charge >= 0.3 is 0 Å². The lowest BCUT2D eigenvalue weighted by Gasteiger charge is -2.36. The number of piperazine rings is 1. The number of hydrogen-bond donors (Lipinski definition) is 1. The zero-order valence-corrected chi connectivity index (χ0v) is 19.9. The number of thioether (sulfide) groups is 1. The largest absolute Gasteiger partial charge is 0.492 e. The van der Waals surface area contributed by atoms with Crippen molar-refractivity contribution in [3.8, 4) is 5.75 Å². The monoisotopic (exact) mass is 506 g/mol. The number of hydrogen-bond acceptors (Lipinski definition) is 4. The predicted octanol–water partition coefficient (Wildman–Crippen LogP) is 3.41. The van der Waals surface area contributed by atoms with E-state index in [1.54, 1.807) is 0 Å². The highest BCUT2D eigenvalue weighted by molar-refractivity contribution is 14.0. The van der Waals surface area contributed by atoms with Gasteiger partial charge in [0.25, 0.3) is 0 Å². The topological polar surface area (TPSA) is 40.1 Å². The Bertz CT molecular complexity index is 510. The van der Waals surface area contributed by atoms with Crippen LogP contribution in [0.4, 0.5) is 0 Å². The number of nitrogens with zero attached hydrogens (tertiary/aromatic N) is 3. The second-order valence-electron chi connectivity index (χ2n) is 6.43. The molecule has 0 atom stereocenters.